The zero-order valence-electron chi connectivity index (χ0n) is 42.6. The summed E-state index contributed by atoms with van der Waals surface area (Å²) in [5, 5.41) is 49.1. The van der Waals surface area contributed by atoms with Crippen molar-refractivity contribution in [2.45, 2.75) is 22.3 Å². The average Bonchev–Trinajstić information content (AvgIpc) is 3.52. The fraction of sp³-hybridized carbons (Fsp3) is 0.138. The summed E-state index contributed by atoms with van der Waals surface area (Å²) in [6, 6.07) is 44.5. The van der Waals surface area contributed by atoms with Crippen LogP contribution >= 0.6 is 11.6 Å². The van der Waals surface area contributed by atoms with Gasteiger partial charge in [-0.25, -0.2) is 35.1 Å². The molecule has 10 aromatic rings. The van der Waals surface area contributed by atoms with Crippen LogP contribution in [-0.4, -0.2) is 77.6 Å². The van der Waals surface area contributed by atoms with Crippen LogP contribution in [0, 0.1) is 27.6 Å². The van der Waals surface area contributed by atoms with Gasteiger partial charge < -0.3 is 45.0 Å². The standard InChI is InChI=1S/C12H9NO.C11H8N2O.2C11H9NO3.C10H8ClNO.3CH4.H2N5O.Na/c1-14-11-5-6-12-9(7-11)3-2-4-10(12)8-13;1-14-9-2-3-10-8(6-9)4-5-13-11(10)7-12;2*1-15-8-2-3-9-7(6-8)4-5-12-10(9)11(13)14;1-13-8-2-3-9-7(6-8)4-5-12-10(9)11;;;;1-2-3-4-5-6;/h2-7H,1H3;2-6H,1H3;2*2-6H,1H3,(H,13,14);2-6H,1H3;3*1H4;(H2-,1,2,3,4,5,6);/q;;;;;;;;-1;+1. The van der Waals surface area contributed by atoms with Gasteiger partial charge in [-0.05, 0) is 154 Å². The first-order valence-electron chi connectivity index (χ1n) is 22.2. The number of carboxylic acid groups (broad SMARTS) is 2. The number of benzene rings is 6. The van der Waals surface area contributed by atoms with Crippen LogP contribution in [0.15, 0.2) is 169 Å². The Morgan fingerprint density at radius 2 is 0.864 bits per heavy atom. The number of ether oxygens (including phenoxy) is 5. The van der Waals surface area contributed by atoms with Crippen molar-refractivity contribution in [1.29, 1.82) is 10.5 Å². The summed E-state index contributed by atoms with van der Waals surface area (Å²) < 4.78 is 25.4. The molecule has 0 amide bonds. The molecule has 0 unspecified atom stereocenters. The average molecular weight is 1130 g/mol. The summed E-state index contributed by atoms with van der Waals surface area (Å²) in [7, 11) is 8.04. The molecule has 0 aliphatic rings. The maximum Gasteiger partial charge on any atom is 1.00 e. The van der Waals surface area contributed by atoms with Gasteiger partial charge in [0.05, 0.1) is 52.5 Å². The minimum absolute atomic E-state index is 0. The number of nitroso groups, excluding NO2 is 1. The Kier molecular flexibility index (Phi) is 30.4. The first-order chi connectivity index (χ1) is 37.4. The third-order valence-electron chi connectivity index (χ3n) is 10.7. The number of carboxylic acids is 2. The third kappa shape index (κ3) is 19.3. The molecule has 0 atom stereocenters. The van der Waals surface area contributed by atoms with Crippen molar-refractivity contribution < 1.29 is 73.0 Å². The van der Waals surface area contributed by atoms with Gasteiger partial charge in [0.15, 0.2) is 11.4 Å². The van der Waals surface area contributed by atoms with E-state index in [1.165, 1.54) is 12.4 Å². The Balaban J connectivity index is 0.000000488. The molecule has 4 N–H and O–H groups in total. The van der Waals surface area contributed by atoms with Crippen LogP contribution < -0.4 is 64.3 Å². The summed E-state index contributed by atoms with van der Waals surface area (Å²) in [5.74, 6) is 1.78. The molecular weight excluding hydrogens is 1070 g/mol. The molecule has 0 aliphatic heterocycles. The quantitative estimate of drug-likeness (QED) is 0.0247. The van der Waals surface area contributed by atoms with E-state index in [9.17, 15) is 9.59 Å². The number of hydrogen-bond acceptors (Lipinski definition) is 16. The van der Waals surface area contributed by atoms with Gasteiger partial charge in [-0.3, -0.25) is 5.22 Å². The first-order valence-corrected chi connectivity index (χ1v) is 22.6. The number of fused-ring (bicyclic) bond motifs is 5. The number of rotatable bonds is 10. The summed E-state index contributed by atoms with van der Waals surface area (Å²) >= 11 is 5.90. The molecule has 4 heterocycles. The summed E-state index contributed by atoms with van der Waals surface area (Å²) in [5.41, 5.74) is 12.0. The van der Waals surface area contributed by atoms with E-state index in [2.05, 4.69) is 42.6 Å². The second kappa shape index (κ2) is 35.6. The normalized spacial score (nSPS) is 9.23. The molecule has 412 valence electrons. The SMILES string of the molecule is C.C.C.COc1ccc2c(C#N)cccc2c1.COc1ccc2c(C#N)nccc2c1.COc1ccc2c(C(=O)O)nccc2c1.COc1ccc2c(C(=O)O)nccc2c1.COc1ccc2c(Cl)nccc2c1.[N-]=NNNN=O.[Na+]. The van der Waals surface area contributed by atoms with Crippen molar-refractivity contribution in [2.75, 3.05) is 35.5 Å². The number of hydrazine groups is 1. The topological polar surface area (TPSA) is 308 Å². The van der Waals surface area contributed by atoms with Crippen LogP contribution in [0.1, 0.15) is 54.5 Å². The Labute approximate surface area is 494 Å². The number of methoxy groups -OCH3 is 5. The van der Waals surface area contributed by atoms with Gasteiger partial charge in [-0.1, -0.05) is 46.0 Å². The Morgan fingerprint density at radius 1 is 0.506 bits per heavy atom. The maximum atomic E-state index is 10.9. The predicted molar refractivity (Wildman–Crippen MR) is 310 cm³/mol. The number of halogens is 1. The van der Waals surface area contributed by atoms with Crippen LogP contribution in [0.3, 0.4) is 0 Å². The van der Waals surface area contributed by atoms with Gasteiger partial charge in [-0.2, -0.15) is 10.5 Å². The second-order valence-electron chi connectivity index (χ2n) is 15.1. The van der Waals surface area contributed by atoms with Gasteiger partial charge in [0.2, 0.25) is 0 Å². The van der Waals surface area contributed by atoms with Crippen molar-refractivity contribution in [3.8, 4) is 40.9 Å². The van der Waals surface area contributed by atoms with Gasteiger partial charge in [0.25, 0.3) is 0 Å². The molecule has 0 spiro atoms. The zero-order valence-corrected chi connectivity index (χ0v) is 45.3. The van der Waals surface area contributed by atoms with E-state index in [1.54, 1.807) is 108 Å². The molecule has 0 radical (unpaired) electrons. The van der Waals surface area contributed by atoms with E-state index in [0.29, 0.717) is 38.7 Å². The molecule has 0 aliphatic carbocycles. The molecule has 0 bridgehead atoms. The van der Waals surface area contributed by atoms with Crippen LogP contribution in [-0.2, 0) is 0 Å². The Morgan fingerprint density at radius 3 is 1.23 bits per heavy atom. The molecule has 81 heavy (non-hydrogen) atoms. The maximum absolute atomic E-state index is 10.9. The third-order valence-corrected chi connectivity index (χ3v) is 11.0. The van der Waals surface area contributed by atoms with Crippen LogP contribution in [0.2, 0.25) is 5.15 Å². The largest absolute Gasteiger partial charge is 1.00 e. The minimum atomic E-state index is -1.02. The second-order valence-corrected chi connectivity index (χ2v) is 15.4. The molecule has 21 nitrogen and oxygen atoms in total. The number of aromatic carboxylic acids is 2. The molecular formula is C58H57ClN11NaO10. The summed E-state index contributed by atoms with van der Waals surface area (Å²) in [6.07, 6.45) is 6.26. The van der Waals surface area contributed by atoms with Crippen molar-refractivity contribution in [2.24, 2.45) is 10.5 Å². The van der Waals surface area contributed by atoms with E-state index in [1.807, 2.05) is 84.9 Å². The number of nitrogens with zero attached hydrogens (tertiary/aromatic N) is 9. The number of nitrogens with one attached hydrogen (secondary N) is 2. The van der Waals surface area contributed by atoms with E-state index >= 15 is 0 Å². The molecule has 23 heteroatoms. The van der Waals surface area contributed by atoms with E-state index < -0.39 is 11.9 Å². The van der Waals surface area contributed by atoms with Crippen molar-refractivity contribution in [1.82, 2.24) is 31.0 Å². The smallest absolute Gasteiger partial charge is 0.497 e. The van der Waals surface area contributed by atoms with Crippen LogP contribution in [0.5, 0.6) is 28.7 Å². The van der Waals surface area contributed by atoms with Gasteiger partial charge in [0.1, 0.15) is 45.7 Å². The number of aromatic nitrogens is 4. The monoisotopic (exact) mass is 1130 g/mol. The number of carbonyl (C=O) groups is 2. The van der Waals surface area contributed by atoms with Gasteiger partial charge in [0, 0.05) is 46.3 Å². The van der Waals surface area contributed by atoms with Gasteiger partial charge >= 0.3 is 41.5 Å². The molecule has 6 aromatic carbocycles. The number of hydrogen-bond donors (Lipinski definition) is 4. The Bertz CT molecular complexity index is 3590. The molecule has 4 aromatic heterocycles. The predicted octanol–water partition coefficient (Wildman–Crippen LogP) is 10.2. The van der Waals surface area contributed by atoms with E-state index in [0.717, 1.165) is 60.3 Å². The van der Waals surface area contributed by atoms with Crippen molar-refractivity contribution in [3.63, 3.8) is 0 Å². The number of pyridine rings is 4. The zero-order chi connectivity index (χ0) is 55.7. The van der Waals surface area contributed by atoms with E-state index in [-0.39, 0.29) is 63.2 Å². The van der Waals surface area contributed by atoms with Crippen LogP contribution in [0.4, 0.5) is 0 Å². The molecule has 0 fully saturated rings. The Hall–Kier alpha value is -9.77. The summed E-state index contributed by atoms with van der Waals surface area (Å²) in [6.45, 7) is 0. The molecule has 10 rings (SSSR count). The van der Waals surface area contributed by atoms with Crippen molar-refractivity contribution >= 4 is 77.4 Å². The molecule has 0 saturated carbocycles. The van der Waals surface area contributed by atoms with Crippen molar-refractivity contribution in [3.05, 3.63) is 196 Å². The fourth-order valence-electron chi connectivity index (χ4n) is 7.05. The van der Waals surface area contributed by atoms with E-state index in [4.69, 9.17) is 66.5 Å². The summed E-state index contributed by atoms with van der Waals surface area (Å²) in [4.78, 5) is 46.3. The first kappa shape index (κ1) is 69.2. The van der Waals surface area contributed by atoms with Crippen LogP contribution in [0.25, 0.3) is 59.4 Å². The number of nitriles is 2. The minimum Gasteiger partial charge on any atom is -0.497 e. The molecule has 0 saturated heterocycles. The van der Waals surface area contributed by atoms with Gasteiger partial charge in [-0.15, -0.1) is 4.91 Å². The fourth-order valence-corrected chi connectivity index (χ4v) is 7.28.